The van der Waals surface area contributed by atoms with Gasteiger partial charge in [0.1, 0.15) is 11.4 Å². The zero-order valence-electron chi connectivity index (χ0n) is 17.4. The predicted molar refractivity (Wildman–Crippen MR) is 110 cm³/mol. The van der Waals surface area contributed by atoms with Crippen molar-refractivity contribution in [1.82, 2.24) is 15.3 Å². The molecular formula is C22H31N3O2. The van der Waals surface area contributed by atoms with E-state index in [-0.39, 0.29) is 11.5 Å². The second kappa shape index (κ2) is 7.59. The first kappa shape index (κ1) is 20.7. The fourth-order valence-corrected chi connectivity index (χ4v) is 2.78. The summed E-state index contributed by atoms with van der Waals surface area (Å²) in [4.78, 5) is 20.2. The Morgan fingerprint density at radius 2 is 1.93 bits per heavy atom. The lowest BCUT2D eigenvalue weighted by atomic mass is 9.86. The van der Waals surface area contributed by atoms with Crippen molar-refractivity contribution in [1.29, 1.82) is 0 Å². The molecule has 27 heavy (non-hydrogen) atoms. The molecule has 0 saturated heterocycles. The second-order valence-electron chi connectivity index (χ2n) is 8.90. The molecule has 1 unspecified atom stereocenters. The Kier molecular flexibility index (Phi) is 5.83. The largest absolute Gasteiger partial charge is 0.444 e. The average Bonchev–Trinajstić information content (AvgIpc) is 2.99. The first-order valence-electron chi connectivity index (χ1n) is 9.18. The van der Waals surface area contributed by atoms with Crippen molar-refractivity contribution in [3.05, 3.63) is 47.9 Å². The van der Waals surface area contributed by atoms with Gasteiger partial charge in [-0.25, -0.2) is 9.78 Å². The van der Waals surface area contributed by atoms with Crippen LogP contribution in [0, 0.1) is 12.3 Å². The Bertz CT molecular complexity index is 823. The highest BCUT2D eigenvalue weighted by atomic mass is 16.6. The van der Waals surface area contributed by atoms with Gasteiger partial charge in [-0.1, -0.05) is 45.6 Å². The van der Waals surface area contributed by atoms with E-state index < -0.39 is 11.7 Å². The van der Waals surface area contributed by atoms with Gasteiger partial charge >= 0.3 is 6.09 Å². The Morgan fingerprint density at radius 3 is 2.48 bits per heavy atom. The Balaban J connectivity index is 2.31. The van der Waals surface area contributed by atoms with Gasteiger partial charge in [0.15, 0.2) is 0 Å². The monoisotopic (exact) mass is 369 g/mol. The number of nitrogens with one attached hydrogen (secondary N) is 2. The van der Waals surface area contributed by atoms with Crippen LogP contribution in [0.2, 0.25) is 0 Å². The number of imidazole rings is 1. The zero-order valence-corrected chi connectivity index (χ0v) is 17.4. The maximum atomic E-state index is 12.3. The van der Waals surface area contributed by atoms with Gasteiger partial charge in [-0.3, -0.25) is 0 Å². The summed E-state index contributed by atoms with van der Waals surface area (Å²) in [5, 5.41) is 2.96. The van der Waals surface area contributed by atoms with E-state index in [0.29, 0.717) is 5.82 Å². The number of hydrogen-bond acceptors (Lipinski definition) is 3. The maximum absolute atomic E-state index is 12.3. The van der Waals surface area contributed by atoms with Crippen LogP contribution >= 0.6 is 0 Å². The lowest BCUT2D eigenvalue weighted by Crippen LogP contribution is -2.40. The van der Waals surface area contributed by atoms with Crippen LogP contribution in [0.1, 0.15) is 64.5 Å². The van der Waals surface area contributed by atoms with E-state index in [2.05, 4.69) is 61.7 Å². The minimum atomic E-state index is -0.552. The van der Waals surface area contributed by atoms with E-state index in [1.54, 1.807) is 6.20 Å². The highest BCUT2D eigenvalue weighted by Crippen LogP contribution is 2.33. The number of nitrogens with zero attached hydrogens (tertiary/aromatic N) is 1. The molecule has 0 aliphatic heterocycles. The maximum Gasteiger partial charge on any atom is 0.408 e. The number of amides is 1. The molecule has 0 bridgehead atoms. The van der Waals surface area contributed by atoms with Gasteiger partial charge in [0.2, 0.25) is 0 Å². The Labute approximate surface area is 162 Å². The Morgan fingerprint density at radius 1 is 1.26 bits per heavy atom. The highest BCUT2D eigenvalue weighted by molar-refractivity contribution is 5.69. The van der Waals surface area contributed by atoms with Crippen LogP contribution in [0.25, 0.3) is 17.3 Å². The van der Waals surface area contributed by atoms with Crippen molar-refractivity contribution in [2.75, 3.05) is 0 Å². The van der Waals surface area contributed by atoms with Crippen molar-refractivity contribution < 1.29 is 9.53 Å². The van der Waals surface area contributed by atoms with E-state index in [4.69, 9.17) is 4.74 Å². The van der Waals surface area contributed by atoms with Gasteiger partial charge in [-0.05, 0) is 50.3 Å². The number of benzene rings is 1. The fraction of sp³-hybridized carbons (Fsp3) is 0.455. The number of rotatable bonds is 4. The van der Waals surface area contributed by atoms with Crippen molar-refractivity contribution in [2.45, 2.75) is 60.1 Å². The lowest BCUT2D eigenvalue weighted by Gasteiger charge is -2.31. The highest BCUT2D eigenvalue weighted by Gasteiger charge is 2.32. The van der Waals surface area contributed by atoms with Crippen molar-refractivity contribution in [3.63, 3.8) is 0 Å². The normalized spacial score (nSPS) is 13.1. The molecule has 1 heterocycles. The van der Waals surface area contributed by atoms with Crippen LogP contribution in [-0.2, 0) is 4.74 Å². The van der Waals surface area contributed by atoms with Gasteiger partial charge in [0.25, 0.3) is 0 Å². The molecule has 0 saturated carbocycles. The number of aryl methyl sites for hydroxylation is 1. The third-order valence-electron chi connectivity index (χ3n) is 4.21. The van der Waals surface area contributed by atoms with Crippen molar-refractivity contribution in [3.8, 4) is 11.3 Å². The topological polar surface area (TPSA) is 67.0 Å². The van der Waals surface area contributed by atoms with Crippen LogP contribution < -0.4 is 5.32 Å². The van der Waals surface area contributed by atoms with Crippen LogP contribution in [0.4, 0.5) is 4.79 Å². The molecule has 1 amide bonds. The van der Waals surface area contributed by atoms with Gasteiger partial charge in [-0.2, -0.15) is 0 Å². The van der Waals surface area contributed by atoms with Crippen molar-refractivity contribution in [2.24, 2.45) is 5.41 Å². The molecule has 0 aliphatic rings. The first-order chi connectivity index (χ1) is 12.4. The van der Waals surface area contributed by atoms with E-state index in [9.17, 15) is 4.79 Å². The summed E-state index contributed by atoms with van der Waals surface area (Å²) in [7, 11) is 0. The predicted octanol–water partition coefficient (Wildman–Crippen LogP) is 5.64. The molecule has 2 rings (SSSR count). The first-order valence-corrected chi connectivity index (χ1v) is 9.18. The zero-order chi connectivity index (χ0) is 20.4. The summed E-state index contributed by atoms with van der Waals surface area (Å²) in [6.45, 7) is 17.6. The van der Waals surface area contributed by atoms with Gasteiger partial charge in [-0.15, -0.1) is 0 Å². The Hall–Kier alpha value is -2.56. The number of carbonyl (C=O) groups is 1. The molecule has 0 radical (unpaired) electrons. The van der Waals surface area contributed by atoms with Gasteiger partial charge in [0.05, 0.1) is 17.9 Å². The van der Waals surface area contributed by atoms with E-state index in [1.807, 2.05) is 32.9 Å². The quantitative estimate of drug-likeness (QED) is 0.733. The number of carbonyl (C=O) groups excluding carboxylic acids is 1. The van der Waals surface area contributed by atoms with Gasteiger partial charge in [0, 0.05) is 5.56 Å². The number of hydrogen-bond donors (Lipinski definition) is 2. The van der Waals surface area contributed by atoms with Gasteiger partial charge < -0.3 is 15.0 Å². The second-order valence-corrected chi connectivity index (χ2v) is 8.90. The lowest BCUT2D eigenvalue weighted by molar-refractivity contribution is 0.0458. The number of aromatic amines is 1. The van der Waals surface area contributed by atoms with Crippen LogP contribution in [0.5, 0.6) is 0 Å². The summed E-state index contributed by atoms with van der Waals surface area (Å²) in [6, 6.07) is 5.87. The van der Waals surface area contributed by atoms with E-state index >= 15 is 0 Å². The summed E-state index contributed by atoms with van der Waals surface area (Å²) in [6.07, 6.45) is 3.19. The molecule has 2 aromatic rings. The van der Waals surface area contributed by atoms with Crippen LogP contribution in [0.3, 0.4) is 0 Å². The van der Waals surface area contributed by atoms with E-state index in [1.165, 1.54) is 5.56 Å². The molecule has 146 valence electrons. The minimum absolute atomic E-state index is 0.244. The summed E-state index contributed by atoms with van der Waals surface area (Å²) < 4.78 is 5.42. The minimum Gasteiger partial charge on any atom is -0.444 e. The van der Waals surface area contributed by atoms with Crippen LogP contribution in [0.15, 0.2) is 31.0 Å². The number of ether oxygens (including phenoxy) is 1. The fourth-order valence-electron chi connectivity index (χ4n) is 2.78. The van der Waals surface area contributed by atoms with Crippen molar-refractivity contribution >= 4 is 12.2 Å². The molecule has 0 fully saturated rings. The summed E-state index contributed by atoms with van der Waals surface area (Å²) in [5.41, 5.74) is 3.39. The third-order valence-corrected chi connectivity index (χ3v) is 4.21. The molecule has 0 aliphatic carbocycles. The summed E-state index contributed by atoms with van der Waals surface area (Å²) >= 11 is 0. The summed E-state index contributed by atoms with van der Waals surface area (Å²) in [5.74, 6) is 0.698. The van der Waals surface area contributed by atoms with E-state index in [0.717, 1.165) is 16.8 Å². The van der Waals surface area contributed by atoms with Crippen LogP contribution in [-0.4, -0.2) is 21.7 Å². The molecule has 2 N–H and O–H groups in total. The number of H-pyrrole nitrogens is 1. The molecule has 0 spiro atoms. The standard InChI is InChI=1S/C22H31N3O2/c1-9-15-12-16(11-10-14(15)2)17-13-23-19(24-17)18(21(3,4)5)25-20(26)27-22(6,7)8/h9-13,18H,1H2,2-8H3,(H,23,24)(H,25,26). The molecule has 5 heteroatoms. The smallest absolute Gasteiger partial charge is 0.408 e. The number of aromatic nitrogens is 2. The molecule has 5 nitrogen and oxygen atoms in total. The average molecular weight is 370 g/mol. The molecule has 1 aromatic heterocycles. The third kappa shape index (κ3) is 5.46. The number of alkyl carbamates (subject to hydrolysis) is 1. The molecule has 1 aromatic carbocycles. The SMILES string of the molecule is C=Cc1cc(-c2cnc(C(NC(=O)OC(C)(C)C)C(C)(C)C)[nH]2)ccc1C. The molecule has 1 atom stereocenters. The molecular weight excluding hydrogens is 338 g/mol.